The van der Waals surface area contributed by atoms with Crippen LogP contribution >= 0.6 is 28.5 Å². The SMILES string of the molecule is C[C@]12CCC3[C@@H](CC=C4C[C@@H](OPI)CC[C@@]43C)C1CCC2CCCC#Cc1ccccc1. The van der Waals surface area contributed by atoms with E-state index in [1.165, 1.54) is 64.2 Å². The minimum Gasteiger partial charge on any atom is -0.348 e. The van der Waals surface area contributed by atoms with Gasteiger partial charge in [-0.3, -0.25) is 0 Å². The molecule has 5 rings (SSSR count). The predicted octanol–water partition coefficient (Wildman–Crippen LogP) is 9.12. The van der Waals surface area contributed by atoms with Crippen LogP contribution in [0, 0.1) is 46.3 Å². The first-order valence-corrected chi connectivity index (χ1v) is 17.3. The molecule has 0 spiro atoms. The Labute approximate surface area is 216 Å². The van der Waals surface area contributed by atoms with E-state index in [4.69, 9.17) is 4.52 Å². The summed E-state index contributed by atoms with van der Waals surface area (Å²) < 4.78 is 6.06. The Hall–Kier alpha value is -0.360. The van der Waals surface area contributed by atoms with Gasteiger partial charge in [-0.2, -0.15) is 0 Å². The minimum atomic E-state index is 0.448. The fraction of sp³-hybridized carbons (Fsp3) is 0.667. The molecule has 4 unspecified atom stereocenters. The molecule has 8 atom stereocenters. The van der Waals surface area contributed by atoms with Crippen LogP contribution in [0.25, 0.3) is 0 Å². The van der Waals surface area contributed by atoms with E-state index in [1.807, 2.05) is 0 Å². The van der Waals surface area contributed by atoms with Gasteiger partial charge in [0, 0.05) is 12.0 Å². The number of allylic oxidation sites excluding steroid dienone is 1. The Bertz CT molecular complexity index is 916. The largest absolute Gasteiger partial charge is 0.348 e. The lowest BCUT2D eigenvalue weighted by atomic mass is 9.47. The molecule has 4 aliphatic carbocycles. The summed E-state index contributed by atoms with van der Waals surface area (Å²) in [6.07, 6.45) is 17.8. The zero-order chi connectivity index (χ0) is 22.9. The summed E-state index contributed by atoms with van der Waals surface area (Å²) in [5.74, 6) is 10.5. The molecule has 0 N–H and O–H groups in total. The van der Waals surface area contributed by atoms with Crippen molar-refractivity contribution >= 4 is 28.5 Å². The molecule has 3 saturated carbocycles. The third-order valence-corrected chi connectivity index (χ3v) is 11.5. The number of unbranched alkanes of at least 4 members (excludes halogenated alkanes) is 1. The molecule has 1 nitrogen and oxygen atoms in total. The van der Waals surface area contributed by atoms with Crippen LogP contribution < -0.4 is 0 Å². The first-order chi connectivity index (χ1) is 16.0. The Morgan fingerprint density at radius 3 is 2.73 bits per heavy atom. The van der Waals surface area contributed by atoms with Crippen molar-refractivity contribution in [2.45, 2.75) is 90.6 Å². The van der Waals surface area contributed by atoms with Crippen molar-refractivity contribution in [3.63, 3.8) is 0 Å². The molecule has 178 valence electrons. The van der Waals surface area contributed by atoms with E-state index in [9.17, 15) is 0 Å². The number of fused-ring (bicyclic) bond motifs is 5. The van der Waals surface area contributed by atoms with Gasteiger partial charge in [0.25, 0.3) is 0 Å². The van der Waals surface area contributed by atoms with Crippen LogP contribution in [0.2, 0.25) is 0 Å². The third kappa shape index (κ3) is 4.73. The van der Waals surface area contributed by atoms with Crippen LogP contribution in [0.1, 0.15) is 90.0 Å². The van der Waals surface area contributed by atoms with Crippen LogP contribution in [0.15, 0.2) is 42.0 Å². The van der Waals surface area contributed by atoms with Crippen molar-refractivity contribution in [2.24, 2.45) is 34.5 Å². The second-order valence-corrected chi connectivity index (χ2v) is 13.4. The summed E-state index contributed by atoms with van der Waals surface area (Å²) in [5.41, 5.74) is 3.92. The van der Waals surface area contributed by atoms with Gasteiger partial charge >= 0.3 is 0 Å². The Morgan fingerprint density at radius 1 is 1.06 bits per heavy atom. The van der Waals surface area contributed by atoms with E-state index in [-0.39, 0.29) is 0 Å². The fourth-order valence-corrected chi connectivity index (χ4v) is 9.90. The molecule has 0 aromatic heterocycles. The zero-order valence-corrected chi connectivity index (χ0v) is 23.6. The van der Waals surface area contributed by atoms with E-state index in [0.717, 1.165) is 35.7 Å². The Balaban J connectivity index is 1.21. The molecule has 0 heterocycles. The van der Waals surface area contributed by atoms with Gasteiger partial charge in [0.15, 0.2) is 0 Å². The first-order valence-electron chi connectivity index (χ1n) is 13.3. The maximum atomic E-state index is 6.06. The second kappa shape index (κ2) is 10.3. The Kier molecular flexibility index (Phi) is 7.61. The molecule has 4 aliphatic rings. The van der Waals surface area contributed by atoms with Gasteiger partial charge in [-0.25, -0.2) is 0 Å². The highest BCUT2D eigenvalue weighted by atomic mass is 127. The van der Waals surface area contributed by atoms with Crippen molar-refractivity contribution in [2.75, 3.05) is 0 Å². The standard InChI is InChI=1S/C30H40IOP/c1-29-20-18-28-26(15-13-24-21-25(32-33-31)17-19-30(24,28)2)27(29)16-14-23(29)12-8-4-7-11-22-9-5-3-6-10-22/h3,5-6,9-10,13,23,25-28,33H,4,8,12,14-21H2,1-2H3/t23?,25-,26-,27?,28?,29+,30-/m0/s1. The van der Waals surface area contributed by atoms with Gasteiger partial charge in [0.1, 0.15) is 0 Å². The van der Waals surface area contributed by atoms with Crippen molar-refractivity contribution in [1.82, 2.24) is 0 Å². The number of rotatable bonds is 5. The van der Waals surface area contributed by atoms with Crippen LogP contribution in [0.3, 0.4) is 0 Å². The lowest BCUT2D eigenvalue weighted by Crippen LogP contribution is -2.50. The molecule has 0 radical (unpaired) electrons. The minimum absolute atomic E-state index is 0.448. The maximum Gasteiger partial charge on any atom is 0.0797 e. The molecule has 0 amide bonds. The van der Waals surface area contributed by atoms with Gasteiger partial charge in [0.2, 0.25) is 0 Å². The molecular formula is C30H40IOP. The summed E-state index contributed by atoms with van der Waals surface area (Å²) in [7, 11) is 0. The molecule has 3 heteroatoms. The molecule has 0 aliphatic heterocycles. The van der Waals surface area contributed by atoms with Gasteiger partial charge < -0.3 is 4.52 Å². The first kappa shape index (κ1) is 24.3. The van der Waals surface area contributed by atoms with Gasteiger partial charge in [0.05, 0.1) is 12.6 Å². The maximum absolute atomic E-state index is 6.06. The van der Waals surface area contributed by atoms with E-state index in [1.54, 1.807) is 5.57 Å². The smallest absolute Gasteiger partial charge is 0.0797 e. The molecule has 0 bridgehead atoms. The highest BCUT2D eigenvalue weighted by Gasteiger charge is 2.58. The van der Waals surface area contributed by atoms with Crippen LogP contribution in [-0.4, -0.2) is 6.10 Å². The second-order valence-electron chi connectivity index (χ2n) is 11.7. The quantitative estimate of drug-likeness (QED) is 0.112. The van der Waals surface area contributed by atoms with Gasteiger partial charge in [-0.1, -0.05) is 55.5 Å². The monoisotopic (exact) mass is 574 g/mol. The highest BCUT2D eigenvalue weighted by molar-refractivity contribution is 14.2. The predicted molar refractivity (Wildman–Crippen MR) is 150 cm³/mol. The number of benzene rings is 1. The number of halogens is 1. The number of hydrogen-bond donors (Lipinski definition) is 0. The fourth-order valence-electron chi connectivity index (χ4n) is 8.50. The molecule has 1 aromatic rings. The van der Waals surface area contributed by atoms with E-state index >= 15 is 0 Å². The summed E-state index contributed by atoms with van der Waals surface area (Å²) >= 11 is 2.39. The van der Waals surface area contributed by atoms with Crippen molar-refractivity contribution in [1.29, 1.82) is 0 Å². The van der Waals surface area contributed by atoms with Crippen LogP contribution in [-0.2, 0) is 4.52 Å². The van der Waals surface area contributed by atoms with E-state index in [0.29, 0.717) is 23.4 Å². The van der Waals surface area contributed by atoms with Crippen LogP contribution in [0.5, 0.6) is 0 Å². The summed E-state index contributed by atoms with van der Waals surface area (Å²) in [4.78, 5) is 0. The Morgan fingerprint density at radius 2 is 1.91 bits per heavy atom. The van der Waals surface area contributed by atoms with Crippen LogP contribution in [0.4, 0.5) is 0 Å². The highest BCUT2D eigenvalue weighted by Crippen LogP contribution is 2.67. The molecule has 33 heavy (non-hydrogen) atoms. The molecule has 1 aromatic carbocycles. The molecule has 0 saturated heterocycles. The van der Waals surface area contributed by atoms with Crippen molar-refractivity contribution in [3.05, 3.63) is 47.5 Å². The number of hydrogen-bond acceptors (Lipinski definition) is 1. The summed E-state index contributed by atoms with van der Waals surface area (Å²) in [6.45, 7) is 5.90. The van der Waals surface area contributed by atoms with Gasteiger partial charge in [-0.05, 0) is 133 Å². The van der Waals surface area contributed by atoms with Gasteiger partial charge in [-0.15, -0.1) is 0 Å². The normalized spacial score (nSPS) is 39.8. The molecule has 3 fully saturated rings. The summed E-state index contributed by atoms with van der Waals surface area (Å²) in [6, 6.07) is 10.4. The lowest BCUT2D eigenvalue weighted by Gasteiger charge is -2.58. The van der Waals surface area contributed by atoms with E-state index in [2.05, 4.69) is 84.1 Å². The van der Waals surface area contributed by atoms with Crippen molar-refractivity contribution < 1.29 is 4.52 Å². The topological polar surface area (TPSA) is 9.23 Å². The van der Waals surface area contributed by atoms with Crippen molar-refractivity contribution in [3.8, 4) is 11.8 Å². The van der Waals surface area contributed by atoms with E-state index < -0.39 is 0 Å². The third-order valence-electron chi connectivity index (χ3n) is 10.3. The molecular weight excluding hydrogens is 534 g/mol. The lowest BCUT2D eigenvalue weighted by molar-refractivity contribution is -0.0484. The average molecular weight is 575 g/mol. The zero-order valence-electron chi connectivity index (χ0n) is 20.4. The summed E-state index contributed by atoms with van der Waals surface area (Å²) in [5, 5.41) is 0. The average Bonchev–Trinajstić information content (AvgIpc) is 3.16.